The normalized spacial score (nSPS) is 14.8. The van der Waals surface area contributed by atoms with E-state index >= 15 is 0 Å². The summed E-state index contributed by atoms with van der Waals surface area (Å²) in [7, 11) is 0. The van der Waals surface area contributed by atoms with E-state index in [1.165, 1.54) is 12.0 Å². The number of hydrogen-bond acceptors (Lipinski definition) is 4. The first-order valence-electron chi connectivity index (χ1n) is 11.7. The third-order valence-electron chi connectivity index (χ3n) is 7.02. The summed E-state index contributed by atoms with van der Waals surface area (Å²) in [6.45, 7) is -0.00358. The van der Waals surface area contributed by atoms with Crippen LogP contribution >= 0.6 is 0 Å². The maximum absolute atomic E-state index is 9.58. The third kappa shape index (κ3) is 3.41. The van der Waals surface area contributed by atoms with Gasteiger partial charge in [-0.3, -0.25) is 0 Å². The molecule has 6 rings (SSSR count). The highest BCUT2D eigenvalue weighted by atomic mass is 16.3. The van der Waals surface area contributed by atoms with Crippen molar-refractivity contribution in [3.8, 4) is 33.5 Å². The van der Waals surface area contributed by atoms with E-state index in [1.807, 2.05) is 59.4 Å². The number of hydrogen-bond donors (Lipinski definition) is 2. The fourth-order valence-corrected chi connectivity index (χ4v) is 4.90. The third-order valence-corrected chi connectivity index (χ3v) is 7.02. The molecule has 2 heterocycles. The average Bonchev–Trinajstić information content (AvgIpc) is 3.32. The molecule has 168 valence electrons. The molecule has 0 spiro atoms. The Kier molecular flexibility index (Phi) is 5.01. The second-order valence-corrected chi connectivity index (χ2v) is 9.12. The van der Waals surface area contributed by atoms with E-state index in [0.29, 0.717) is 0 Å². The Morgan fingerprint density at radius 1 is 0.853 bits per heavy atom. The highest BCUT2D eigenvalue weighted by Gasteiger charge is 2.34. The molecular formula is C29H26N4O. The molecule has 5 aromatic rings. The topological polar surface area (TPSA) is 76.4 Å². The van der Waals surface area contributed by atoms with Gasteiger partial charge in [0.25, 0.3) is 0 Å². The minimum absolute atomic E-state index is 0.00358. The molecule has 0 atom stereocenters. The van der Waals surface area contributed by atoms with Gasteiger partial charge in [-0.15, -0.1) is 0 Å². The molecule has 2 aromatic heterocycles. The SMILES string of the molecule is NC1(c2ccc(-c3c(-c4ccccc4)cnn4c(-c5cccc(CO)c5)cnc34)cc2)CCC1. The van der Waals surface area contributed by atoms with E-state index in [-0.39, 0.29) is 12.1 Å². The summed E-state index contributed by atoms with van der Waals surface area (Å²) in [4.78, 5) is 4.82. The highest BCUT2D eigenvalue weighted by Crippen LogP contribution is 2.41. The van der Waals surface area contributed by atoms with Crippen LogP contribution in [0.15, 0.2) is 91.3 Å². The van der Waals surface area contributed by atoms with Crippen molar-refractivity contribution < 1.29 is 5.11 Å². The van der Waals surface area contributed by atoms with Crippen LogP contribution in [0.2, 0.25) is 0 Å². The standard InChI is InChI=1S/C29H26N4O/c30-29(14-5-15-29)24-12-10-22(11-13-24)27-25(21-7-2-1-3-8-21)17-32-33-26(18-31-28(27)33)23-9-4-6-20(16-23)19-34/h1-4,6-13,16-18,34H,5,14-15,19,30H2. The first-order chi connectivity index (χ1) is 16.7. The molecule has 0 aliphatic heterocycles. The molecule has 1 fully saturated rings. The van der Waals surface area contributed by atoms with Crippen molar-refractivity contribution in [2.45, 2.75) is 31.4 Å². The van der Waals surface area contributed by atoms with Crippen molar-refractivity contribution in [3.05, 3.63) is 102 Å². The fourth-order valence-electron chi connectivity index (χ4n) is 4.90. The number of nitrogens with zero attached hydrogens (tertiary/aromatic N) is 3. The lowest BCUT2D eigenvalue weighted by atomic mass is 9.72. The second-order valence-electron chi connectivity index (χ2n) is 9.12. The van der Waals surface area contributed by atoms with Crippen molar-refractivity contribution in [1.82, 2.24) is 14.6 Å². The van der Waals surface area contributed by atoms with Crippen LogP contribution in [0, 0.1) is 0 Å². The average molecular weight is 447 g/mol. The van der Waals surface area contributed by atoms with E-state index < -0.39 is 0 Å². The maximum atomic E-state index is 9.58. The summed E-state index contributed by atoms with van der Waals surface area (Å²) in [5.41, 5.74) is 15.3. The molecule has 0 unspecified atom stereocenters. The molecule has 5 heteroatoms. The van der Waals surface area contributed by atoms with Gasteiger partial charge in [0.05, 0.1) is 24.7 Å². The van der Waals surface area contributed by atoms with Crippen LogP contribution in [-0.4, -0.2) is 19.7 Å². The van der Waals surface area contributed by atoms with Gasteiger partial charge in [0.2, 0.25) is 0 Å². The van der Waals surface area contributed by atoms with Gasteiger partial charge in [0, 0.05) is 22.2 Å². The van der Waals surface area contributed by atoms with Gasteiger partial charge < -0.3 is 10.8 Å². The molecule has 1 aliphatic rings. The molecule has 3 aromatic carbocycles. The van der Waals surface area contributed by atoms with E-state index in [4.69, 9.17) is 15.8 Å². The van der Waals surface area contributed by atoms with Gasteiger partial charge in [-0.2, -0.15) is 5.10 Å². The minimum atomic E-state index is -0.188. The Balaban J connectivity index is 1.55. The van der Waals surface area contributed by atoms with Crippen LogP contribution in [0.3, 0.4) is 0 Å². The second kappa shape index (κ2) is 8.20. The van der Waals surface area contributed by atoms with Crippen LogP contribution in [-0.2, 0) is 12.1 Å². The van der Waals surface area contributed by atoms with Gasteiger partial charge in [-0.25, -0.2) is 9.50 Å². The summed E-state index contributed by atoms with van der Waals surface area (Å²) >= 11 is 0. The molecule has 0 saturated heterocycles. The smallest absolute Gasteiger partial charge is 0.162 e. The van der Waals surface area contributed by atoms with Crippen LogP contribution < -0.4 is 5.73 Å². The van der Waals surface area contributed by atoms with Gasteiger partial charge in [-0.1, -0.05) is 72.8 Å². The zero-order valence-electron chi connectivity index (χ0n) is 18.9. The number of fused-ring (bicyclic) bond motifs is 1. The Bertz CT molecular complexity index is 1470. The number of aliphatic hydroxyl groups excluding tert-OH is 1. The summed E-state index contributed by atoms with van der Waals surface area (Å²) in [5, 5.41) is 14.4. The van der Waals surface area contributed by atoms with Crippen LogP contribution in [0.4, 0.5) is 0 Å². The lowest BCUT2D eigenvalue weighted by molar-refractivity contribution is 0.253. The van der Waals surface area contributed by atoms with Crippen LogP contribution in [0.1, 0.15) is 30.4 Å². The van der Waals surface area contributed by atoms with Crippen molar-refractivity contribution in [2.75, 3.05) is 0 Å². The number of aromatic nitrogens is 3. The summed E-state index contributed by atoms with van der Waals surface area (Å²) < 4.78 is 1.89. The van der Waals surface area contributed by atoms with E-state index in [0.717, 1.165) is 57.6 Å². The van der Waals surface area contributed by atoms with E-state index in [9.17, 15) is 5.11 Å². The number of rotatable bonds is 5. The van der Waals surface area contributed by atoms with Crippen molar-refractivity contribution in [3.63, 3.8) is 0 Å². The number of aliphatic hydroxyl groups is 1. The summed E-state index contributed by atoms with van der Waals surface area (Å²) in [6, 6.07) is 26.8. The quantitative estimate of drug-likeness (QED) is 0.371. The van der Waals surface area contributed by atoms with E-state index in [2.05, 4.69) is 36.4 Å². The van der Waals surface area contributed by atoms with Crippen LogP contribution in [0.25, 0.3) is 39.2 Å². The van der Waals surface area contributed by atoms with Gasteiger partial charge in [0.15, 0.2) is 5.65 Å². The van der Waals surface area contributed by atoms with Gasteiger partial charge >= 0.3 is 0 Å². The molecule has 1 aliphatic carbocycles. The molecular weight excluding hydrogens is 420 g/mol. The Morgan fingerprint density at radius 3 is 2.32 bits per heavy atom. The van der Waals surface area contributed by atoms with Crippen molar-refractivity contribution in [1.29, 1.82) is 0 Å². The highest BCUT2D eigenvalue weighted by molar-refractivity contribution is 5.92. The zero-order valence-corrected chi connectivity index (χ0v) is 18.9. The number of imidazole rings is 1. The Morgan fingerprint density at radius 2 is 1.62 bits per heavy atom. The molecule has 0 amide bonds. The lowest BCUT2D eigenvalue weighted by Crippen LogP contribution is -2.43. The van der Waals surface area contributed by atoms with Crippen molar-refractivity contribution in [2.24, 2.45) is 5.73 Å². The first-order valence-corrected chi connectivity index (χ1v) is 11.7. The Hall–Kier alpha value is -3.80. The molecule has 1 saturated carbocycles. The van der Waals surface area contributed by atoms with Gasteiger partial charge in [0.1, 0.15) is 0 Å². The van der Waals surface area contributed by atoms with Crippen LogP contribution in [0.5, 0.6) is 0 Å². The van der Waals surface area contributed by atoms with Crippen molar-refractivity contribution >= 4 is 5.65 Å². The van der Waals surface area contributed by atoms with E-state index in [1.54, 1.807) is 0 Å². The lowest BCUT2D eigenvalue weighted by Gasteiger charge is -2.38. The van der Waals surface area contributed by atoms with Gasteiger partial charge in [-0.05, 0) is 47.6 Å². The number of benzene rings is 3. The molecule has 0 bridgehead atoms. The number of nitrogens with two attached hydrogens (primary N) is 1. The first kappa shape index (κ1) is 20.8. The largest absolute Gasteiger partial charge is 0.392 e. The molecule has 3 N–H and O–H groups in total. The molecule has 0 radical (unpaired) electrons. The minimum Gasteiger partial charge on any atom is -0.392 e. The molecule has 34 heavy (non-hydrogen) atoms. The zero-order chi connectivity index (χ0) is 23.1. The monoisotopic (exact) mass is 446 g/mol. The summed E-state index contributed by atoms with van der Waals surface area (Å²) in [6.07, 6.45) is 7.04. The summed E-state index contributed by atoms with van der Waals surface area (Å²) in [5.74, 6) is 0. The molecule has 5 nitrogen and oxygen atoms in total. The maximum Gasteiger partial charge on any atom is 0.162 e. The predicted molar refractivity (Wildman–Crippen MR) is 135 cm³/mol. The Labute approximate surface area is 198 Å². The fraction of sp³-hybridized carbons (Fsp3) is 0.172. The predicted octanol–water partition coefficient (Wildman–Crippen LogP) is 5.56.